The summed E-state index contributed by atoms with van der Waals surface area (Å²) >= 11 is 3.48. The number of nitrogens with one attached hydrogen (secondary N) is 1. The minimum absolute atomic E-state index is 0.616. The molecule has 1 saturated carbocycles. The van der Waals surface area contributed by atoms with Crippen LogP contribution in [0.2, 0.25) is 0 Å². The summed E-state index contributed by atoms with van der Waals surface area (Å²) in [6.45, 7) is 2.36. The van der Waals surface area contributed by atoms with E-state index in [4.69, 9.17) is 0 Å². The summed E-state index contributed by atoms with van der Waals surface area (Å²) in [5, 5.41) is 3.60. The van der Waals surface area contributed by atoms with Gasteiger partial charge in [-0.2, -0.15) is 0 Å². The number of hydrogen-bond donors (Lipinski definition) is 1. The largest absolute Gasteiger partial charge is 0.380 e. The average Bonchev–Trinajstić information content (AvgIpc) is 2.47. The SMILES string of the molecule is CC1CCCC(Nc2cccnc2Br)CC1. The Morgan fingerprint density at radius 2 is 2.19 bits per heavy atom. The van der Waals surface area contributed by atoms with Crippen molar-refractivity contribution in [1.82, 2.24) is 4.98 Å². The molecule has 0 saturated heterocycles. The van der Waals surface area contributed by atoms with E-state index < -0.39 is 0 Å². The van der Waals surface area contributed by atoms with Crippen LogP contribution in [0.25, 0.3) is 0 Å². The molecular formula is C13H19BrN2. The number of hydrogen-bond acceptors (Lipinski definition) is 2. The second-order valence-corrected chi connectivity index (χ2v) is 5.55. The summed E-state index contributed by atoms with van der Waals surface area (Å²) in [6.07, 6.45) is 8.44. The monoisotopic (exact) mass is 282 g/mol. The van der Waals surface area contributed by atoms with E-state index in [1.807, 2.05) is 12.3 Å². The summed E-state index contributed by atoms with van der Waals surface area (Å²) in [4.78, 5) is 4.24. The van der Waals surface area contributed by atoms with Crippen molar-refractivity contribution in [2.24, 2.45) is 5.92 Å². The van der Waals surface area contributed by atoms with E-state index in [1.54, 1.807) is 0 Å². The molecule has 16 heavy (non-hydrogen) atoms. The number of anilines is 1. The van der Waals surface area contributed by atoms with E-state index in [0.717, 1.165) is 16.2 Å². The minimum Gasteiger partial charge on any atom is -0.380 e. The molecule has 1 aliphatic carbocycles. The van der Waals surface area contributed by atoms with Crippen molar-refractivity contribution < 1.29 is 0 Å². The van der Waals surface area contributed by atoms with E-state index in [2.05, 4.69) is 39.2 Å². The molecule has 0 aromatic carbocycles. The van der Waals surface area contributed by atoms with Gasteiger partial charge in [0.2, 0.25) is 0 Å². The van der Waals surface area contributed by atoms with Crippen LogP contribution in [-0.2, 0) is 0 Å². The zero-order chi connectivity index (χ0) is 11.4. The number of nitrogens with zero attached hydrogens (tertiary/aromatic N) is 1. The Bertz CT molecular complexity index is 340. The van der Waals surface area contributed by atoms with Gasteiger partial charge in [-0.1, -0.05) is 19.8 Å². The Labute approximate surface area is 106 Å². The predicted octanol–water partition coefficient (Wildman–Crippen LogP) is 4.22. The molecule has 0 amide bonds. The van der Waals surface area contributed by atoms with Gasteiger partial charge in [-0.05, 0) is 53.2 Å². The molecular weight excluding hydrogens is 264 g/mol. The smallest absolute Gasteiger partial charge is 0.129 e. The van der Waals surface area contributed by atoms with Gasteiger partial charge in [-0.3, -0.25) is 0 Å². The maximum absolute atomic E-state index is 4.24. The second-order valence-electron chi connectivity index (χ2n) is 4.80. The molecule has 1 fully saturated rings. The highest BCUT2D eigenvalue weighted by Crippen LogP contribution is 2.27. The topological polar surface area (TPSA) is 24.9 Å². The van der Waals surface area contributed by atoms with E-state index in [-0.39, 0.29) is 0 Å². The van der Waals surface area contributed by atoms with Gasteiger partial charge in [0.15, 0.2) is 0 Å². The first-order chi connectivity index (χ1) is 7.75. The van der Waals surface area contributed by atoms with Crippen LogP contribution in [0.15, 0.2) is 22.9 Å². The molecule has 1 aromatic heterocycles. The third kappa shape index (κ3) is 3.21. The molecule has 0 spiro atoms. The van der Waals surface area contributed by atoms with Crippen molar-refractivity contribution in [3.05, 3.63) is 22.9 Å². The Kier molecular flexibility index (Phi) is 4.22. The molecule has 88 valence electrons. The van der Waals surface area contributed by atoms with E-state index in [0.29, 0.717) is 6.04 Å². The van der Waals surface area contributed by atoms with E-state index in [1.165, 1.54) is 32.1 Å². The molecule has 1 heterocycles. The number of aromatic nitrogens is 1. The number of rotatable bonds is 2. The van der Waals surface area contributed by atoms with Gasteiger partial charge in [-0.25, -0.2) is 4.98 Å². The van der Waals surface area contributed by atoms with Crippen molar-refractivity contribution >= 4 is 21.6 Å². The molecule has 2 rings (SSSR count). The fourth-order valence-electron chi connectivity index (χ4n) is 2.35. The summed E-state index contributed by atoms with van der Waals surface area (Å²) in [7, 11) is 0. The Morgan fingerprint density at radius 3 is 3.00 bits per heavy atom. The van der Waals surface area contributed by atoms with Crippen LogP contribution in [0.5, 0.6) is 0 Å². The highest BCUT2D eigenvalue weighted by atomic mass is 79.9. The molecule has 0 radical (unpaired) electrons. The lowest BCUT2D eigenvalue weighted by atomic mass is 10.0. The maximum atomic E-state index is 4.24. The van der Waals surface area contributed by atoms with Gasteiger partial charge in [0, 0.05) is 12.2 Å². The Hall–Kier alpha value is -0.570. The first-order valence-electron chi connectivity index (χ1n) is 6.13. The fourth-order valence-corrected chi connectivity index (χ4v) is 2.71. The molecule has 0 aliphatic heterocycles. The third-order valence-corrected chi connectivity index (χ3v) is 4.01. The molecule has 1 N–H and O–H groups in total. The van der Waals surface area contributed by atoms with E-state index >= 15 is 0 Å². The minimum atomic E-state index is 0.616. The summed E-state index contributed by atoms with van der Waals surface area (Å²) in [5.74, 6) is 0.893. The molecule has 2 unspecified atom stereocenters. The van der Waals surface area contributed by atoms with Gasteiger partial charge in [0.05, 0.1) is 5.69 Å². The molecule has 1 aliphatic rings. The fraction of sp³-hybridized carbons (Fsp3) is 0.615. The van der Waals surface area contributed by atoms with Crippen LogP contribution in [0.1, 0.15) is 39.0 Å². The van der Waals surface area contributed by atoms with Gasteiger partial charge < -0.3 is 5.32 Å². The second kappa shape index (κ2) is 5.67. The number of halogens is 1. The standard InChI is InChI=1S/C13H19BrN2/c1-10-4-2-5-11(8-7-10)16-12-6-3-9-15-13(12)14/h3,6,9-11,16H,2,4-5,7-8H2,1H3. The summed E-state index contributed by atoms with van der Waals surface area (Å²) < 4.78 is 0.923. The number of pyridine rings is 1. The van der Waals surface area contributed by atoms with Crippen molar-refractivity contribution in [3.63, 3.8) is 0 Å². The zero-order valence-corrected chi connectivity index (χ0v) is 11.3. The van der Waals surface area contributed by atoms with Crippen LogP contribution in [0.4, 0.5) is 5.69 Å². The predicted molar refractivity (Wildman–Crippen MR) is 71.6 cm³/mol. The zero-order valence-electron chi connectivity index (χ0n) is 9.75. The molecule has 2 nitrogen and oxygen atoms in total. The summed E-state index contributed by atoms with van der Waals surface area (Å²) in [5.41, 5.74) is 1.13. The lowest BCUT2D eigenvalue weighted by Crippen LogP contribution is -2.18. The third-order valence-electron chi connectivity index (χ3n) is 3.38. The normalized spacial score (nSPS) is 26.1. The average molecular weight is 283 g/mol. The maximum Gasteiger partial charge on any atom is 0.129 e. The van der Waals surface area contributed by atoms with Crippen LogP contribution < -0.4 is 5.32 Å². The highest BCUT2D eigenvalue weighted by Gasteiger charge is 2.16. The van der Waals surface area contributed by atoms with Gasteiger partial charge >= 0.3 is 0 Å². The molecule has 2 atom stereocenters. The Balaban J connectivity index is 1.96. The first-order valence-corrected chi connectivity index (χ1v) is 6.92. The van der Waals surface area contributed by atoms with Crippen molar-refractivity contribution in [3.8, 4) is 0 Å². The van der Waals surface area contributed by atoms with Crippen molar-refractivity contribution in [2.45, 2.75) is 45.1 Å². The first kappa shape index (κ1) is 11.9. The summed E-state index contributed by atoms with van der Waals surface area (Å²) in [6, 6.07) is 4.68. The molecule has 1 aromatic rings. The quantitative estimate of drug-likeness (QED) is 0.649. The van der Waals surface area contributed by atoms with Crippen LogP contribution in [0.3, 0.4) is 0 Å². The highest BCUT2D eigenvalue weighted by molar-refractivity contribution is 9.10. The molecule has 0 bridgehead atoms. The lowest BCUT2D eigenvalue weighted by molar-refractivity contribution is 0.502. The van der Waals surface area contributed by atoms with Gasteiger partial charge in [0.1, 0.15) is 4.60 Å². The van der Waals surface area contributed by atoms with Crippen molar-refractivity contribution in [2.75, 3.05) is 5.32 Å². The lowest BCUT2D eigenvalue weighted by Gasteiger charge is -2.18. The Morgan fingerprint density at radius 1 is 1.31 bits per heavy atom. The van der Waals surface area contributed by atoms with Gasteiger partial charge in [-0.15, -0.1) is 0 Å². The van der Waals surface area contributed by atoms with Crippen LogP contribution in [0, 0.1) is 5.92 Å². The van der Waals surface area contributed by atoms with Crippen molar-refractivity contribution in [1.29, 1.82) is 0 Å². The molecule has 3 heteroatoms. The van der Waals surface area contributed by atoms with Gasteiger partial charge in [0.25, 0.3) is 0 Å². The van der Waals surface area contributed by atoms with E-state index in [9.17, 15) is 0 Å². The van der Waals surface area contributed by atoms with Crippen LogP contribution >= 0.6 is 15.9 Å². The van der Waals surface area contributed by atoms with Crippen LogP contribution in [-0.4, -0.2) is 11.0 Å².